The van der Waals surface area contributed by atoms with Crippen molar-refractivity contribution in [1.29, 1.82) is 0 Å². The van der Waals surface area contributed by atoms with Gasteiger partial charge in [-0.3, -0.25) is 4.79 Å². The lowest BCUT2D eigenvalue weighted by atomic mass is 9.99. The van der Waals surface area contributed by atoms with E-state index in [2.05, 4.69) is 10.1 Å². The summed E-state index contributed by atoms with van der Waals surface area (Å²) in [5.41, 5.74) is 6.31. The number of nitrogens with zero attached hydrogens (tertiary/aromatic N) is 4. The van der Waals surface area contributed by atoms with Crippen molar-refractivity contribution in [2.75, 3.05) is 6.54 Å². The lowest BCUT2D eigenvalue weighted by Gasteiger charge is -2.36. The highest BCUT2D eigenvalue weighted by molar-refractivity contribution is 5.77. The Labute approximate surface area is 200 Å². The maximum atomic E-state index is 14.0. The van der Waals surface area contributed by atoms with E-state index in [-0.39, 0.29) is 43.7 Å². The molecule has 2 N–H and O–H groups in total. The SMILES string of the molecule is N[C@@H](CC(=O)N1CCn2nc(C(F)(F)F)nc2[C@H]1Cc1ccc(F)cc1)Cc1cc(F)c(F)cc1F. The standard InChI is InChI=1S/C23H20F7N5O/c24-14-3-1-12(2-4-14)7-19-21-32-22(23(28,29)30)33-35(21)6-5-34(19)20(36)10-15(31)8-13-9-17(26)18(27)11-16(13)25/h1-4,9,11,15,19H,5-8,10,31H2/t15-,19-/m1/s1. The van der Waals surface area contributed by atoms with E-state index in [1.165, 1.54) is 29.2 Å². The van der Waals surface area contributed by atoms with Crippen LogP contribution in [0.3, 0.4) is 0 Å². The number of carbonyl (C=O) groups is 1. The van der Waals surface area contributed by atoms with Crippen LogP contribution in [0, 0.1) is 23.3 Å². The Morgan fingerprint density at radius 1 is 1.03 bits per heavy atom. The summed E-state index contributed by atoms with van der Waals surface area (Å²) < 4.78 is 94.8. The molecule has 0 unspecified atom stereocenters. The van der Waals surface area contributed by atoms with Crippen LogP contribution < -0.4 is 5.73 Å². The predicted octanol–water partition coefficient (Wildman–Crippen LogP) is 3.94. The minimum Gasteiger partial charge on any atom is -0.330 e. The van der Waals surface area contributed by atoms with E-state index in [0.717, 1.165) is 4.68 Å². The largest absolute Gasteiger partial charge is 0.453 e. The molecule has 2 heterocycles. The lowest BCUT2D eigenvalue weighted by molar-refractivity contribution is -0.145. The van der Waals surface area contributed by atoms with Crippen LogP contribution in [0.25, 0.3) is 0 Å². The maximum absolute atomic E-state index is 14.0. The summed E-state index contributed by atoms with van der Waals surface area (Å²) in [5.74, 6) is -6.14. The van der Waals surface area contributed by atoms with Crippen molar-refractivity contribution >= 4 is 5.91 Å². The first-order chi connectivity index (χ1) is 16.9. The quantitative estimate of drug-likeness (QED) is 0.399. The summed E-state index contributed by atoms with van der Waals surface area (Å²) in [6.07, 6.45) is -5.40. The zero-order chi connectivity index (χ0) is 26.2. The molecular formula is C23H20F7N5O. The Kier molecular flexibility index (Phi) is 7.03. The third-order valence-corrected chi connectivity index (χ3v) is 5.85. The molecule has 1 aliphatic rings. The van der Waals surface area contributed by atoms with Crippen LogP contribution in [0.2, 0.25) is 0 Å². The molecule has 0 fully saturated rings. The molecule has 36 heavy (non-hydrogen) atoms. The second-order valence-corrected chi connectivity index (χ2v) is 8.47. The van der Waals surface area contributed by atoms with Gasteiger partial charge >= 0.3 is 6.18 Å². The average Bonchev–Trinajstić information content (AvgIpc) is 3.24. The van der Waals surface area contributed by atoms with Gasteiger partial charge in [0, 0.05) is 31.5 Å². The van der Waals surface area contributed by atoms with Gasteiger partial charge < -0.3 is 10.6 Å². The first-order valence-electron chi connectivity index (χ1n) is 10.9. The molecule has 1 amide bonds. The van der Waals surface area contributed by atoms with Crippen molar-refractivity contribution in [2.24, 2.45) is 5.73 Å². The van der Waals surface area contributed by atoms with Gasteiger partial charge in [0.25, 0.3) is 5.82 Å². The number of halogens is 7. The molecule has 2 aromatic carbocycles. The van der Waals surface area contributed by atoms with Gasteiger partial charge in [-0.1, -0.05) is 12.1 Å². The topological polar surface area (TPSA) is 77.0 Å². The molecule has 2 atom stereocenters. The molecular weight excluding hydrogens is 495 g/mol. The number of alkyl halides is 3. The molecule has 1 aliphatic heterocycles. The maximum Gasteiger partial charge on any atom is 0.453 e. The van der Waals surface area contributed by atoms with E-state index in [9.17, 15) is 35.5 Å². The normalized spacial score (nSPS) is 16.7. The monoisotopic (exact) mass is 515 g/mol. The summed E-state index contributed by atoms with van der Waals surface area (Å²) in [4.78, 5) is 18.1. The highest BCUT2D eigenvalue weighted by Crippen LogP contribution is 2.33. The first kappa shape index (κ1) is 25.6. The number of hydrogen-bond donors (Lipinski definition) is 1. The van der Waals surface area contributed by atoms with Gasteiger partial charge in [0.15, 0.2) is 17.5 Å². The summed E-state index contributed by atoms with van der Waals surface area (Å²) in [6, 6.07) is 4.33. The van der Waals surface area contributed by atoms with E-state index in [4.69, 9.17) is 5.73 Å². The van der Waals surface area contributed by atoms with Crippen LogP contribution >= 0.6 is 0 Å². The Morgan fingerprint density at radius 3 is 2.36 bits per heavy atom. The van der Waals surface area contributed by atoms with Gasteiger partial charge in [-0.15, -0.1) is 5.10 Å². The molecule has 4 rings (SSSR count). The molecule has 6 nitrogen and oxygen atoms in total. The number of aromatic nitrogens is 3. The molecule has 3 aromatic rings. The van der Waals surface area contributed by atoms with E-state index in [1.54, 1.807) is 0 Å². The molecule has 0 bridgehead atoms. The van der Waals surface area contributed by atoms with Crippen molar-refractivity contribution in [1.82, 2.24) is 19.7 Å². The van der Waals surface area contributed by atoms with E-state index >= 15 is 0 Å². The summed E-state index contributed by atoms with van der Waals surface area (Å²) in [5, 5.41) is 3.51. The van der Waals surface area contributed by atoms with Crippen LogP contribution in [0.1, 0.15) is 35.2 Å². The van der Waals surface area contributed by atoms with Crippen LogP contribution in [-0.2, 0) is 30.4 Å². The second kappa shape index (κ2) is 9.88. The van der Waals surface area contributed by atoms with Crippen LogP contribution in [0.5, 0.6) is 0 Å². The van der Waals surface area contributed by atoms with Crippen molar-refractivity contribution in [3.05, 3.63) is 82.4 Å². The summed E-state index contributed by atoms with van der Waals surface area (Å²) in [6.45, 7) is -0.0677. The Morgan fingerprint density at radius 2 is 1.69 bits per heavy atom. The molecule has 0 aliphatic carbocycles. The van der Waals surface area contributed by atoms with Crippen LogP contribution in [0.15, 0.2) is 36.4 Å². The number of fused-ring (bicyclic) bond motifs is 1. The highest BCUT2D eigenvalue weighted by atomic mass is 19.4. The summed E-state index contributed by atoms with van der Waals surface area (Å²) >= 11 is 0. The zero-order valence-corrected chi connectivity index (χ0v) is 18.6. The Bertz CT molecular complexity index is 1260. The minimum atomic E-state index is -4.80. The van der Waals surface area contributed by atoms with Gasteiger partial charge in [0.05, 0.1) is 12.6 Å². The first-order valence-corrected chi connectivity index (χ1v) is 10.9. The van der Waals surface area contributed by atoms with Crippen LogP contribution in [0.4, 0.5) is 30.7 Å². The number of hydrogen-bond acceptors (Lipinski definition) is 4. The fourth-order valence-electron chi connectivity index (χ4n) is 4.14. The molecule has 0 saturated carbocycles. The van der Waals surface area contributed by atoms with Crippen molar-refractivity contribution < 1.29 is 35.5 Å². The smallest absolute Gasteiger partial charge is 0.330 e. The van der Waals surface area contributed by atoms with Crippen molar-refractivity contribution in [3.63, 3.8) is 0 Å². The van der Waals surface area contributed by atoms with Gasteiger partial charge in [-0.05, 0) is 35.7 Å². The van der Waals surface area contributed by atoms with Gasteiger partial charge in [0.2, 0.25) is 5.91 Å². The number of amides is 1. The minimum absolute atomic E-state index is 0.00932. The summed E-state index contributed by atoms with van der Waals surface area (Å²) in [7, 11) is 0. The molecule has 0 saturated heterocycles. The number of carbonyl (C=O) groups excluding carboxylic acids is 1. The zero-order valence-electron chi connectivity index (χ0n) is 18.6. The molecule has 1 aromatic heterocycles. The van der Waals surface area contributed by atoms with E-state index in [0.29, 0.717) is 17.7 Å². The Hall–Kier alpha value is -3.48. The third kappa shape index (κ3) is 5.50. The Balaban J connectivity index is 1.57. The molecule has 192 valence electrons. The molecule has 0 spiro atoms. The fourth-order valence-corrected chi connectivity index (χ4v) is 4.14. The average molecular weight is 515 g/mol. The number of rotatable bonds is 6. The lowest BCUT2D eigenvalue weighted by Crippen LogP contribution is -2.45. The fraction of sp³-hybridized carbons (Fsp3) is 0.348. The van der Waals surface area contributed by atoms with Crippen molar-refractivity contribution in [2.45, 2.75) is 44.1 Å². The highest BCUT2D eigenvalue weighted by Gasteiger charge is 2.41. The number of benzene rings is 2. The van der Waals surface area contributed by atoms with Gasteiger partial charge in [-0.25, -0.2) is 27.2 Å². The van der Waals surface area contributed by atoms with E-state index in [1.807, 2.05) is 0 Å². The van der Waals surface area contributed by atoms with Gasteiger partial charge in [0.1, 0.15) is 11.6 Å². The third-order valence-electron chi connectivity index (χ3n) is 5.85. The van der Waals surface area contributed by atoms with Gasteiger partial charge in [-0.2, -0.15) is 13.2 Å². The van der Waals surface area contributed by atoms with E-state index < -0.39 is 53.3 Å². The molecule has 13 heteroatoms. The predicted molar refractivity (Wildman–Crippen MR) is 112 cm³/mol. The molecule has 0 radical (unpaired) electrons. The van der Waals surface area contributed by atoms with Crippen LogP contribution in [-0.4, -0.2) is 38.2 Å². The number of nitrogens with two attached hydrogens (primary N) is 1. The second-order valence-electron chi connectivity index (χ2n) is 8.47. The van der Waals surface area contributed by atoms with Crippen molar-refractivity contribution in [3.8, 4) is 0 Å².